The minimum atomic E-state index is -3.73. The van der Waals surface area contributed by atoms with Gasteiger partial charge >= 0.3 is 11.9 Å². The van der Waals surface area contributed by atoms with Crippen LogP contribution in [0.1, 0.15) is 82.2 Å². The number of fused-ring (bicyclic) bond motifs is 1. The molecule has 0 fully saturated rings. The molecule has 0 radical (unpaired) electrons. The molecule has 2 heterocycles. The first-order chi connectivity index (χ1) is 27.1. The van der Waals surface area contributed by atoms with Gasteiger partial charge in [0.05, 0.1) is 37.3 Å². The number of hydrogen-bond acceptors (Lipinski definition) is 10. The quantitative estimate of drug-likeness (QED) is 0.0674. The zero-order valence-electron chi connectivity index (χ0n) is 32.5. The molecule has 0 amide bonds. The minimum Gasteiger partial charge on any atom is -0.466 e. The summed E-state index contributed by atoms with van der Waals surface area (Å²) in [6, 6.07) is 15.6. The van der Waals surface area contributed by atoms with Crippen molar-refractivity contribution >= 4 is 32.7 Å². The number of aromatic nitrogens is 3. The van der Waals surface area contributed by atoms with Crippen molar-refractivity contribution in [1.82, 2.24) is 14.8 Å². The van der Waals surface area contributed by atoms with Crippen LogP contribution in [0.15, 0.2) is 73.1 Å². The van der Waals surface area contributed by atoms with Crippen molar-refractivity contribution in [3.05, 3.63) is 101 Å². The van der Waals surface area contributed by atoms with E-state index in [0.29, 0.717) is 36.6 Å². The molecule has 3 N–H and O–H groups in total. The average Bonchev–Trinajstić information content (AvgIpc) is 3.83. The molecule has 306 valence electrons. The van der Waals surface area contributed by atoms with Crippen molar-refractivity contribution in [3.63, 3.8) is 0 Å². The van der Waals surface area contributed by atoms with Gasteiger partial charge in [-0.2, -0.15) is 5.10 Å². The summed E-state index contributed by atoms with van der Waals surface area (Å²) in [5, 5.41) is 25.6. The molecule has 0 spiro atoms. The smallest absolute Gasteiger partial charge is 0.321 e. The Kier molecular flexibility index (Phi) is 14.2. The van der Waals surface area contributed by atoms with E-state index in [4.69, 9.17) is 19.3 Å². The number of hydrogen-bond donors (Lipinski definition) is 3. The lowest BCUT2D eigenvalue weighted by molar-refractivity contribution is -0.143. The number of aryl methyl sites for hydroxylation is 1. The number of rotatable bonds is 20. The molecule has 12 nitrogen and oxygen atoms in total. The number of ether oxygens (including phenoxy) is 3. The molecule has 0 aliphatic heterocycles. The predicted molar refractivity (Wildman–Crippen MR) is 210 cm³/mol. The molecular formula is C42H49F2N3O9S. The summed E-state index contributed by atoms with van der Waals surface area (Å²) < 4.78 is 74.2. The number of sulfone groups is 1. The molecule has 5 aromatic rings. The van der Waals surface area contributed by atoms with Crippen molar-refractivity contribution in [3.8, 4) is 22.8 Å². The third-order valence-electron chi connectivity index (χ3n) is 9.51. The molecule has 2 unspecified atom stereocenters. The Labute approximate surface area is 330 Å². The highest BCUT2D eigenvalue weighted by Crippen LogP contribution is 2.39. The zero-order valence-corrected chi connectivity index (χ0v) is 33.3. The maximum Gasteiger partial charge on any atom is 0.321 e. The van der Waals surface area contributed by atoms with Crippen LogP contribution in [-0.2, 0) is 35.3 Å². The van der Waals surface area contributed by atoms with Crippen molar-refractivity contribution < 1.29 is 51.2 Å². The first-order valence-electron chi connectivity index (χ1n) is 18.9. The van der Waals surface area contributed by atoms with E-state index in [1.54, 1.807) is 43.1 Å². The second-order valence-electron chi connectivity index (χ2n) is 14.6. The number of aliphatic hydroxyl groups is 2. The van der Waals surface area contributed by atoms with Crippen LogP contribution in [-0.4, -0.2) is 76.7 Å². The van der Waals surface area contributed by atoms with E-state index >= 15 is 8.78 Å². The number of nitrogens with zero attached hydrogens (tertiary/aromatic N) is 2. The number of carbonyl (C=O) groups is 2. The van der Waals surface area contributed by atoms with Crippen LogP contribution in [0.5, 0.6) is 11.5 Å². The molecule has 57 heavy (non-hydrogen) atoms. The van der Waals surface area contributed by atoms with Crippen molar-refractivity contribution in [2.45, 2.75) is 71.9 Å². The van der Waals surface area contributed by atoms with Crippen LogP contribution in [0.2, 0.25) is 0 Å². The molecule has 2 aromatic heterocycles. The summed E-state index contributed by atoms with van der Waals surface area (Å²) in [6.45, 7) is 6.72. The third-order valence-corrected chi connectivity index (χ3v) is 11.4. The van der Waals surface area contributed by atoms with Gasteiger partial charge in [0, 0.05) is 46.9 Å². The number of esters is 2. The van der Waals surface area contributed by atoms with Crippen LogP contribution < -0.4 is 4.74 Å². The fourth-order valence-electron chi connectivity index (χ4n) is 7.00. The lowest BCUT2D eigenvalue weighted by Crippen LogP contribution is -2.29. The summed E-state index contributed by atoms with van der Waals surface area (Å²) >= 11 is 0. The highest BCUT2D eigenvalue weighted by molar-refractivity contribution is 7.92. The first-order valence-corrected chi connectivity index (χ1v) is 20.7. The fourth-order valence-corrected chi connectivity index (χ4v) is 8.88. The van der Waals surface area contributed by atoms with Gasteiger partial charge < -0.3 is 29.4 Å². The maximum absolute atomic E-state index is 15.5. The highest BCUT2D eigenvalue weighted by atomic mass is 32.2. The van der Waals surface area contributed by atoms with E-state index in [1.165, 1.54) is 24.3 Å². The summed E-state index contributed by atoms with van der Waals surface area (Å²) in [6.07, 6.45) is 4.03. The fraction of sp³-hybridized carbons (Fsp3) is 0.405. The van der Waals surface area contributed by atoms with Gasteiger partial charge in [-0.15, -0.1) is 0 Å². The SMILES string of the molecule is CCOC(=O)CCc1cccc(C(CCCC(C)(C)CS(=O)(=O)CC(=O)OCC)n2ccc(-c3cc(Oc4c(F)cc5[nH]ccc5c4C(O)CO)ccc3F)n2)c1. The van der Waals surface area contributed by atoms with Gasteiger partial charge in [-0.3, -0.25) is 14.3 Å². The maximum atomic E-state index is 15.5. The van der Waals surface area contributed by atoms with Gasteiger partial charge in [0.1, 0.15) is 23.4 Å². The van der Waals surface area contributed by atoms with E-state index in [0.717, 1.165) is 11.1 Å². The van der Waals surface area contributed by atoms with E-state index in [2.05, 4.69) is 4.98 Å². The number of halogens is 2. The Hall–Kier alpha value is -5.12. The van der Waals surface area contributed by atoms with Crippen molar-refractivity contribution in [1.29, 1.82) is 0 Å². The lowest BCUT2D eigenvalue weighted by Gasteiger charge is -2.26. The van der Waals surface area contributed by atoms with Gasteiger partial charge in [0.15, 0.2) is 21.4 Å². The Bertz CT molecular complexity index is 2290. The van der Waals surface area contributed by atoms with Crippen LogP contribution in [0.4, 0.5) is 8.78 Å². The highest BCUT2D eigenvalue weighted by Gasteiger charge is 2.29. The van der Waals surface area contributed by atoms with Gasteiger partial charge in [-0.05, 0) is 80.0 Å². The van der Waals surface area contributed by atoms with Crippen LogP contribution in [0, 0.1) is 17.0 Å². The second-order valence-corrected chi connectivity index (χ2v) is 16.7. The second kappa shape index (κ2) is 18.9. The number of benzene rings is 3. The number of nitrogens with one attached hydrogen (secondary N) is 1. The van der Waals surface area contributed by atoms with E-state index in [1.807, 2.05) is 38.1 Å². The summed E-state index contributed by atoms with van der Waals surface area (Å²) in [5.74, 6) is -3.65. The molecule has 3 aromatic carbocycles. The third kappa shape index (κ3) is 11.3. The van der Waals surface area contributed by atoms with Gasteiger partial charge in [0.25, 0.3) is 0 Å². The molecule has 15 heteroatoms. The molecule has 0 saturated carbocycles. The monoisotopic (exact) mass is 809 g/mol. The molecule has 0 bridgehead atoms. The van der Waals surface area contributed by atoms with E-state index < -0.39 is 51.3 Å². The van der Waals surface area contributed by atoms with E-state index in [-0.39, 0.29) is 65.7 Å². The molecule has 5 rings (SSSR count). The van der Waals surface area contributed by atoms with Crippen LogP contribution in [0.25, 0.3) is 22.2 Å². The Balaban J connectivity index is 1.43. The Morgan fingerprint density at radius 1 is 0.982 bits per heavy atom. The van der Waals surface area contributed by atoms with Crippen LogP contribution in [0.3, 0.4) is 0 Å². The standard InChI is InChI=1S/C42H49F2N3O9S/c1-5-54-38(50)15-12-27-9-7-10-28(21-27)36(11-8-18-42(3,4)26-57(52,53)25-39(51)55-6-2)47-20-17-34(46-47)31-22-29(13-14-32(31)43)56-41-33(44)23-35-30(16-19-45-35)40(41)37(49)24-48/h7,9-10,13-14,16-17,19-23,36-37,45,48-49H,5-6,8,11-12,15,18,24-26H2,1-4H3. The Morgan fingerprint density at radius 3 is 2.47 bits per heavy atom. The molecule has 0 aliphatic carbocycles. The topological polar surface area (TPSA) is 170 Å². The number of aromatic amines is 1. The molecule has 0 aliphatic rings. The molecular weight excluding hydrogens is 761 g/mol. The number of carbonyl (C=O) groups excluding carboxylic acids is 2. The summed E-state index contributed by atoms with van der Waals surface area (Å²) in [5.41, 5.74) is 1.84. The van der Waals surface area contributed by atoms with Crippen molar-refractivity contribution in [2.75, 3.05) is 31.3 Å². The largest absolute Gasteiger partial charge is 0.466 e. The first kappa shape index (κ1) is 43.0. The average molecular weight is 810 g/mol. The van der Waals surface area contributed by atoms with Gasteiger partial charge in [-0.25, -0.2) is 17.2 Å². The summed E-state index contributed by atoms with van der Waals surface area (Å²) in [4.78, 5) is 26.9. The van der Waals surface area contributed by atoms with Crippen molar-refractivity contribution in [2.24, 2.45) is 5.41 Å². The molecule has 0 saturated heterocycles. The predicted octanol–water partition coefficient (Wildman–Crippen LogP) is 7.39. The Morgan fingerprint density at radius 2 is 1.74 bits per heavy atom. The normalized spacial score (nSPS) is 13.1. The van der Waals surface area contributed by atoms with Gasteiger partial charge in [-0.1, -0.05) is 44.5 Å². The number of aliphatic hydroxyl groups excluding tert-OH is 2. The zero-order chi connectivity index (χ0) is 41.3. The number of H-pyrrole nitrogens is 1. The minimum absolute atomic E-state index is 0.0380. The van der Waals surface area contributed by atoms with E-state index in [9.17, 15) is 28.2 Å². The van der Waals surface area contributed by atoms with Gasteiger partial charge in [0.2, 0.25) is 0 Å². The summed E-state index contributed by atoms with van der Waals surface area (Å²) in [7, 11) is -3.73. The molecule has 2 atom stereocenters. The van der Waals surface area contributed by atoms with Crippen LogP contribution >= 0.6 is 0 Å². The lowest BCUT2D eigenvalue weighted by atomic mass is 9.87.